The number of piperidine rings is 1. The van der Waals surface area contributed by atoms with E-state index in [1.807, 2.05) is 18.2 Å². The van der Waals surface area contributed by atoms with Crippen LogP contribution in [0.4, 0.5) is 8.78 Å². The Labute approximate surface area is 184 Å². The van der Waals surface area contributed by atoms with E-state index in [0.717, 1.165) is 74.7 Å². The van der Waals surface area contributed by atoms with Crippen LogP contribution in [-0.2, 0) is 18.5 Å². The molecule has 3 nitrogen and oxygen atoms in total. The number of hydrogen-bond donors (Lipinski definition) is 1. The molecule has 2 fully saturated rings. The Morgan fingerprint density at radius 2 is 1.81 bits per heavy atom. The van der Waals surface area contributed by atoms with E-state index < -0.39 is 0 Å². The minimum Gasteiger partial charge on any atom is -0.496 e. The molecule has 168 valence electrons. The molecule has 2 aromatic carbocycles. The van der Waals surface area contributed by atoms with Gasteiger partial charge in [-0.3, -0.25) is 0 Å². The van der Waals surface area contributed by atoms with Crippen molar-refractivity contribution >= 4 is 0 Å². The van der Waals surface area contributed by atoms with E-state index in [0.29, 0.717) is 18.2 Å². The molecule has 0 aromatic heterocycles. The van der Waals surface area contributed by atoms with Gasteiger partial charge < -0.3 is 15.0 Å². The first-order valence-electron chi connectivity index (χ1n) is 11.5. The normalized spacial score (nSPS) is 19.6. The van der Waals surface area contributed by atoms with E-state index in [1.165, 1.54) is 12.1 Å². The lowest BCUT2D eigenvalue weighted by Crippen LogP contribution is -2.39. The summed E-state index contributed by atoms with van der Waals surface area (Å²) in [5.74, 6) is 0.763. The molecule has 1 saturated heterocycles. The zero-order chi connectivity index (χ0) is 21.8. The second-order valence-electron chi connectivity index (χ2n) is 9.36. The van der Waals surface area contributed by atoms with Crippen LogP contribution in [0.1, 0.15) is 55.2 Å². The standard InChI is InChI=1S/C26H34F2N2O/c1-30-13-9-19(10-14-30)15-21-16-20(5-8-24(21)28)18-29-26(11-3-4-12-26)23-7-6-22(27)17-25(23)31-2/h5-8,16-17,19,29H,3-4,9-15,18H2,1-2H3. The van der Waals surface area contributed by atoms with Crippen LogP contribution in [0.5, 0.6) is 5.75 Å². The fourth-order valence-electron chi connectivity index (χ4n) is 5.32. The Morgan fingerprint density at radius 1 is 1.06 bits per heavy atom. The molecular weight excluding hydrogens is 394 g/mol. The quantitative estimate of drug-likeness (QED) is 0.638. The summed E-state index contributed by atoms with van der Waals surface area (Å²) >= 11 is 0. The summed E-state index contributed by atoms with van der Waals surface area (Å²) < 4.78 is 33.8. The number of likely N-dealkylation sites (tertiary alicyclic amines) is 1. The van der Waals surface area contributed by atoms with E-state index in [-0.39, 0.29) is 17.2 Å². The number of rotatable bonds is 7. The van der Waals surface area contributed by atoms with Crippen molar-refractivity contribution in [2.75, 3.05) is 27.2 Å². The van der Waals surface area contributed by atoms with Crippen LogP contribution in [0.3, 0.4) is 0 Å². The van der Waals surface area contributed by atoms with Crippen LogP contribution in [0, 0.1) is 17.6 Å². The van der Waals surface area contributed by atoms with Gasteiger partial charge in [0.25, 0.3) is 0 Å². The van der Waals surface area contributed by atoms with E-state index in [2.05, 4.69) is 17.3 Å². The molecule has 31 heavy (non-hydrogen) atoms. The summed E-state index contributed by atoms with van der Waals surface area (Å²) in [6, 6.07) is 10.4. The highest BCUT2D eigenvalue weighted by Gasteiger charge is 2.37. The predicted octanol–water partition coefficient (Wildman–Crippen LogP) is 5.42. The van der Waals surface area contributed by atoms with Gasteiger partial charge in [-0.1, -0.05) is 31.0 Å². The lowest BCUT2D eigenvalue weighted by molar-refractivity contribution is 0.218. The van der Waals surface area contributed by atoms with Gasteiger partial charge in [-0.05, 0) is 81.4 Å². The first-order chi connectivity index (χ1) is 15.0. The van der Waals surface area contributed by atoms with Gasteiger partial charge in [-0.2, -0.15) is 0 Å². The van der Waals surface area contributed by atoms with Gasteiger partial charge in [0.1, 0.15) is 17.4 Å². The minimum atomic E-state index is -0.286. The molecule has 0 radical (unpaired) electrons. The van der Waals surface area contributed by atoms with Crippen LogP contribution in [0.2, 0.25) is 0 Å². The van der Waals surface area contributed by atoms with Crippen LogP contribution in [0.25, 0.3) is 0 Å². The van der Waals surface area contributed by atoms with Crippen LogP contribution < -0.4 is 10.1 Å². The zero-order valence-electron chi connectivity index (χ0n) is 18.7. The fraction of sp³-hybridized carbons (Fsp3) is 0.538. The summed E-state index contributed by atoms with van der Waals surface area (Å²) in [6.45, 7) is 2.84. The van der Waals surface area contributed by atoms with Crippen LogP contribution in [0.15, 0.2) is 36.4 Å². The van der Waals surface area contributed by atoms with Gasteiger partial charge in [0, 0.05) is 23.7 Å². The Balaban J connectivity index is 1.49. The highest BCUT2D eigenvalue weighted by atomic mass is 19.1. The molecular formula is C26H34F2N2O. The molecule has 1 saturated carbocycles. The predicted molar refractivity (Wildman–Crippen MR) is 120 cm³/mol. The molecule has 2 aliphatic rings. The number of ether oxygens (including phenoxy) is 1. The van der Waals surface area contributed by atoms with Crippen LogP contribution in [-0.4, -0.2) is 32.1 Å². The number of hydrogen-bond acceptors (Lipinski definition) is 3. The summed E-state index contributed by atoms with van der Waals surface area (Å²) in [7, 11) is 3.74. The Kier molecular flexibility index (Phi) is 6.92. The van der Waals surface area contributed by atoms with Crippen LogP contribution >= 0.6 is 0 Å². The molecule has 5 heteroatoms. The fourth-order valence-corrected chi connectivity index (χ4v) is 5.32. The van der Waals surface area contributed by atoms with Gasteiger partial charge in [-0.25, -0.2) is 8.78 Å². The number of halogens is 2. The first-order valence-corrected chi connectivity index (χ1v) is 11.5. The molecule has 0 unspecified atom stereocenters. The monoisotopic (exact) mass is 428 g/mol. The summed E-state index contributed by atoms with van der Waals surface area (Å²) in [6.07, 6.45) is 7.29. The number of methoxy groups -OCH3 is 1. The second-order valence-corrected chi connectivity index (χ2v) is 9.36. The van der Waals surface area contributed by atoms with Gasteiger partial charge in [-0.15, -0.1) is 0 Å². The lowest BCUT2D eigenvalue weighted by atomic mass is 9.86. The molecule has 0 atom stereocenters. The molecule has 2 aromatic rings. The molecule has 0 bridgehead atoms. The maximum absolute atomic E-state index is 14.5. The number of nitrogens with one attached hydrogen (secondary N) is 1. The van der Waals surface area contributed by atoms with Crippen molar-refractivity contribution in [3.05, 3.63) is 64.7 Å². The zero-order valence-corrected chi connectivity index (χ0v) is 18.7. The number of nitrogens with zero attached hydrogens (tertiary/aromatic N) is 1. The molecule has 1 N–H and O–H groups in total. The van der Waals surface area contributed by atoms with Crippen molar-refractivity contribution in [1.82, 2.24) is 10.2 Å². The third-order valence-electron chi connectivity index (χ3n) is 7.22. The third-order valence-corrected chi connectivity index (χ3v) is 7.22. The maximum atomic E-state index is 14.5. The van der Waals surface area contributed by atoms with Gasteiger partial charge in [0.15, 0.2) is 0 Å². The Hall–Kier alpha value is -1.98. The lowest BCUT2D eigenvalue weighted by Gasteiger charge is -2.33. The topological polar surface area (TPSA) is 24.5 Å². The van der Waals surface area contributed by atoms with Gasteiger partial charge >= 0.3 is 0 Å². The van der Waals surface area contributed by atoms with Crippen molar-refractivity contribution < 1.29 is 13.5 Å². The van der Waals surface area contributed by atoms with Crippen molar-refractivity contribution in [1.29, 1.82) is 0 Å². The summed E-state index contributed by atoms with van der Waals surface area (Å²) in [4.78, 5) is 2.35. The van der Waals surface area contributed by atoms with Gasteiger partial charge in [0.05, 0.1) is 7.11 Å². The molecule has 1 aliphatic carbocycles. The number of benzene rings is 2. The maximum Gasteiger partial charge on any atom is 0.126 e. The van der Waals surface area contributed by atoms with Crippen molar-refractivity contribution in [3.8, 4) is 5.75 Å². The van der Waals surface area contributed by atoms with Crippen molar-refractivity contribution in [2.45, 2.75) is 57.0 Å². The first kappa shape index (κ1) is 22.2. The molecule has 1 heterocycles. The Morgan fingerprint density at radius 3 is 2.52 bits per heavy atom. The highest BCUT2D eigenvalue weighted by molar-refractivity contribution is 5.40. The second kappa shape index (κ2) is 9.66. The minimum absolute atomic E-state index is 0.0986. The molecule has 0 amide bonds. The average Bonchev–Trinajstić information content (AvgIpc) is 3.25. The largest absolute Gasteiger partial charge is 0.496 e. The summed E-state index contributed by atoms with van der Waals surface area (Å²) in [5.41, 5.74) is 2.70. The smallest absolute Gasteiger partial charge is 0.126 e. The molecule has 0 spiro atoms. The SMILES string of the molecule is COc1cc(F)ccc1C1(NCc2ccc(F)c(CC3CCN(C)CC3)c2)CCCC1. The summed E-state index contributed by atoms with van der Waals surface area (Å²) in [5, 5.41) is 3.75. The van der Waals surface area contributed by atoms with Crippen molar-refractivity contribution in [3.63, 3.8) is 0 Å². The molecule has 4 rings (SSSR count). The Bertz CT molecular complexity index is 887. The van der Waals surface area contributed by atoms with E-state index in [1.54, 1.807) is 13.2 Å². The van der Waals surface area contributed by atoms with E-state index >= 15 is 0 Å². The third kappa shape index (κ3) is 5.09. The average molecular weight is 429 g/mol. The van der Waals surface area contributed by atoms with E-state index in [9.17, 15) is 8.78 Å². The highest BCUT2D eigenvalue weighted by Crippen LogP contribution is 2.43. The van der Waals surface area contributed by atoms with E-state index in [4.69, 9.17) is 4.74 Å². The van der Waals surface area contributed by atoms with Crippen molar-refractivity contribution in [2.24, 2.45) is 5.92 Å². The van der Waals surface area contributed by atoms with Gasteiger partial charge in [0.2, 0.25) is 0 Å². The molecule has 1 aliphatic heterocycles.